The van der Waals surface area contributed by atoms with Crippen molar-refractivity contribution in [3.8, 4) is 5.75 Å². The second-order valence-corrected chi connectivity index (χ2v) is 8.63. The fourth-order valence-electron chi connectivity index (χ4n) is 4.68. The van der Waals surface area contributed by atoms with Gasteiger partial charge in [0.1, 0.15) is 11.6 Å². The zero-order chi connectivity index (χ0) is 20.3. The molecule has 0 aromatic heterocycles. The molecule has 2 aliphatic heterocycles. The van der Waals surface area contributed by atoms with Crippen molar-refractivity contribution < 1.29 is 13.9 Å². The van der Waals surface area contributed by atoms with Gasteiger partial charge in [0.15, 0.2) is 0 Å². The maximum Gasteiger partial charge on any atom is 0.239 e. The molecule has 0 spiro atoms. The molecule has 6 heteroatoms. The summed E-state index contributed by atoms with van der Waals surface area (Å²) in [6.45, 7) is 12.4. The Hall–Kier alpha value is -1.66. The summed E-state index contributed by atoms with van der Waals surface area (Å²) in [7, 11) is 1.62. The SMILES string of the molecule is COc1ccc(F)cc1CN1CCN([C@H](C)C(=O)N2C[C@H](C)C[C@H](C)C2)CC1. The van der Waals surface area contributed by atoms with E-state index < -0.39 is 0 Å². The molecule has 2 fully saturated rings. The molecule has 0 unspecified atom stereocenters. The molecular formula is C22H34FN3O2. The molecule has 2 aliphatic rings. The van der Waals surface area contributed by atoms with Gasteiger partial charge in [-0.2, -0.15) is 0 Å². The van der Waals surface area contributed by atoms with Crippen LogP contribution in [0.15, 0.2) is 18.2 Å². The molecule has 1 aromatic rings. The van der Waals surface area contributed by atoms with Crippen LogP contribution in [-0.4, -0.2) is 73.0 Å². The molecule has 3 atom stereocenters. The third kappa shape index (κ3) is 5.03. The highest BCUT2D eigenvalue weighted by molar-refractivity contribution is 5.81. The van der Waals surface area contributed by atoms with Crippen LogP contribution in [0.1, 0.15) is 32.8 Å². The van der Waals surface area contributed by atoms with Gasteiger partial charge in [-0.25, -0.2) is 4.39 Å². The van der Waals surface area contributed by atoms with Gasteiger partial charge in [-0.3, -0.25) is 14.6 Å². The minimum atomic E-state index is -0.237. The van der Waals surface area contributed by atoms with E-state index in [-0.39, 0.29) is 17.8 Å². The van der Waals surface area contributed by atoms with Crippen LogP contribution < -0.4 is 4.74 Å². The Kier molecular flexibility index (Phi) is 6.94. The van der Waals surface area contributed by atoms with E-state index in [2.05, 4.69) is 28.5 Å². The summed E-state index contributed by atoms with van der Waals surface area (Å²) in [6.07, 6.45) is 1.21. The van der Waals surface area contributed by atoms with E-state index in [4.69, 9.17) is 4.74 Å². The van der Waals surface area contributed by atoms with Crippen molar-refractivity contribution in [1.29, 1.82) is 0 Å². The third-order valence-electron chi connectivity index (χ3n) is 6.13. The van der Waals surface area contributed by atoms with Crippen molar-refractivity contribution in [2.24, 2.45) is 11.8 Å². The summed E-state index contributed by atoms with van der Waals surface area (Å²) in [5, 5.41) is 0. The molecule has 1 amide bonds. The van der Waals surface area contributed by atoms with E-state index >= 15 is 0 Å². The van der Waals surface area contributed by atoms with E-state index in [0.717, 1.165) is 50.6 Å². The van der Waals surface area contributed by atoms with Crippen molar-refractivity contribution in [2.75, 3.05) is 46.4 Å². The lowest BCUT2D eigenvalue weighted by atomic mass is 9.91. The summed E-state index contributed by atoms with van der Waals surface area (Å²) < 4.78 is 19.0. The van der Waals surface area contributed by atoms with Gasteiger partial charge < -0.3 is 9.64 Å². The fourth-order valence-corrected chi connectivity index (χ4v) is 4.68. The summed E-state index contributed by atoms with van der Waals surface area (Å²) in [5.41, 5.74) is 0.872. The minimum Gasteiger partial charge on any atom is -0.496 e. The van der Waals surface area contributed by atoms with Gasteiger partial charge >= 0.3 is 0 Å². The zero-order valence-electron chi connectivity index (χ0n) is 17.7. The van der Waals surface area contributed by atoms with Crippen molar-refractivity contribution in [1.82, 2.24) is 14.7 Å². The van der Waals surface area contributed by atoms with E-state index in [9.17, 15) is 9.18 Å². The highest BCUT2D eigenvalue weighted by atomic mass is 19.1. The van der Waals surface area contributed by atoms with E-state index in [0.29, 0.717) is 18.4 Å². The maximum absolute atomic E-state index is 13.6. The number of likely N-dealkylation sites (tertiary alicyclic amines) is 1. The molecule has 0 N–H and O–H groups in total. The molecule has 5 nitrogen and oxygen atoms in total. The van der Waals surface area contributed by atoms with Crippen molar-refractivity contribution in [3.05, 3.63) is 29.6 Å². The Labute approximate surface area is 168 Å². The lowest BCUT2D eigenvalue weighted by molar-refractivity contribution is -0.139. The maximum atomic E-state index is 13.6. The topological polar surface area (TPSA) is 36.0 Å². The van der Waals surface area contributed by atoms with Gasteiger partial charge in [-0.15, -0.1) is 0 Å². The Morgan fingerprint density at radius 3 is 2.43 bits per heavy atom. The number of methoxy groups -OCH3 is 1. The van der Waals surface area contributed by atoms with Gasteiger partial charge in [0.2, 0.25) is 5.91 Å². The molecule has 2 heterocycles. The molecule has 3 rings (SSSR count). The van der Waals surface area contributed by atoms with Crippen LogP contribution in [0.3, 0.4) is 0 Å². The van der Waals surface area contributed by atoms with E-state index in [1.165, 1.54) is 12.5 Å². The number of amides is 1. The standard InChI is InChI=1S/C22H34FN3O2/c1-16-11-17(2)14-26(13-16)22(27)18(3)25-9-7-24(8-10-25)15-19-12-20(23)5-6-21(19)28-4/h5-6,12,16-18H,7-11,13-15H2,1-4H3/t16-,17+,18-/m1/s1. The molecule has 0 bridgehead atoms. The molecule has 0 aliphatic carbocycles. The van der Waals surface area contributed by atoms with Gasteiger partial charge in [0, 0.05) is 51.4 Å². The number of benzene rings is 1. The summed E-state index contributed by atoms with van der Waals surface area (Å²) in [6, 6.07) is 4.58. The number of rotatable bonds is 5. The van der Waals surface area contributed by atoms with Crippen LogP contribution >= 0.6 is 0 Å². The lowest BCUT2D eigenvalue weighted by Crippen LogP contribution is -2.56. The molecular weight excluding hydrogens is 357 g/mol. The second kappa shape index (κ2) is 9.23. The number of hydrogen-bond donors (Lipinski definition) is 0. The molecule has 28 heavy (non-hydrogen) atoms. The highest BCUT2D eigenvalue weighted by Crippen LogP contribution is 2.24. The number of hydrogen-bond acceptors (Lipinski definition) is 4. The smallest absolute Gasteiger partial charge is 0.239 e. The second-order valence-electron chi connectivity index (χ2n) is 8.63. The third-order valence-corrected chi connectivity index (χ3v) is 6.13. The van der Waals surface area contributed by atoms with Crippen molar-refractivity contribution in [3.63, 3.8) is 0 Å². The number of carbonyl (C=O) groups excluding carboxylic acids is 1. The van der Waals surface area contributed by atoms with Crippen LogP contribution in [0.4, 0.5) is 4.39 Å². The monoisotopic (exact) mass is 391 g/mol. The molecule has 156 valence electrons. The highest BCUT2D eigenvalue weighted by Gasteiger charge is 2.32. The molecule has 0 saturated carbocycles. The van der Waals surface area contributed by atoms with Crippen molar-refractivity contribution >= 4 is 5.91 Å². The Bertz CT molecular complexity index is 666. The summed E-state index contributed by atoms with van der Waals surface area (Å²) in [4.78, 5) is 19.6. The number of halogens is 1. The number of piperidine rings is 1. The average Bonchev–Trinajstić information content (AvgIpc) is 2.67. The Balaban J connectivity index is 1.53. The predicted molar refractivity (Wildman–Crippen MR) is 109 cm³/mol. The predicted octanol–water partition coefficient (Wildman–Crippen LogP) is 2.84. The van der Waals surface area contributed by atoms with Gasteiger partial charge in [-0.1, -0.05) is 13.8 Å². The van der Waals surface area contributed by atoms with Crippen LogP contribution in [-0.2, 0) is 11.3 Å². The summed E-state index contributed by atoms with van der Waals surface area (Å²) >= 11 is 0. The minimum absolute atomic E-state index is 0.0802. The first-order valence-electron chi connectivity index (χ1n) is 10.4. The van der Waals surface area contributed by atoms with Gasteiger partial charge in [-0.05, 0) is 43.4 Å². The van der Waals surface area contributed by atoms with Gasteiger partial charge in [0.05, 0.1) is 13.2 Å². The van der Waals surface area contributed by atoms with Gasteiger partial charge in [0.25, 0.3) is 0 Å². The largest absolute Gasteiger partial charge is 0.496 e. The first-order chi connectivity index (χ1) is 13.4. The van der Waals surface area contributed by atoms with Crippen LogP contribution in [0.25, 0.3) is 0 Å². The Morgan fingerprint density at radius 2 is 1.82 bits per heavy atom. The quantitative estimate of drug-likeness (QED) is 0.773. The van der Waals surface area contributed by atoms with E-state index in [1.807, 2.05) is 6.92 Å². The summed E-state index contributed by atoms with van der Waals surface area (Å²) in [5.74, 6) is 1.91. The van der Waals surface area contributed by atoms with E-state index in [1.54, 1.807) is 19.2 Å². The fraction of sp³-hybridized carbons (Fsp3) is 0.682. The molecule has 2 saturated heterocycles. The normalized spacial score (nSPS) is 25.5. The first kappa shape index (κ1) is 21.1. The van der Waals surface area contributed by atoms with Crippen LogP contribution in [0, 0.1) is 17.7 Å². The zero-order valence-corrected chi connectivity index (χ0v) is 17.7. The lowest BCUT2D eigenvalue weighted by Gasteiger charge is -2.41. The number of ether oxygens (including phenoxy) is 1. The van der Waals surface area contributed by atoms with Crippen LogP contribution in [0.5, 0.6) is 5.75 Å². The number of carbonyl (C=O) groups is 1. The average molecular weight is 392 g/mol. The van der Waals surface area contributed by atoms with Crippen LogP contribution in [0.2, 0.25) is 0 Å². The molecule has 0 radical (unpaired) electrons. The number of piperazine rings is 1. The number of nitrogens with zero attached hydrogens (tertiary/aromatic N) is 3. The first-order valence-corrected chi connectivity index (χ1v) is 10.4. The molecule has 1 aromatic carbocycles. The Morgan fingerprint density at radius 1 is 1.18 bits per heavy atom. The van der Waals surface area contributed by atoms with Crippen molar-refractivity contribution in [2.45, 2.75) is 39.8 Å².